The van der Waals surface area contributed by atoms with Crippen LogP contribution in [0.15, 0.2) is 0 Å². The zero-order valence-corrected chi connectivity index (χ0v) is 8.14. The average Bonchev–Trinajstić information content (AvgIpc) is 2.04. The summed E-state index contributed by atoms with van der Waals surface area (Å²) in [5.41, 5.74) is 0.267. The molecule has 2 nitrogen and oxygen atoms in total. The van der Waals surface area contributed by atoms with Gasteiger partial charge in [-0.3, -0.25) is 0 Å². The highest BCUT2D eigenvalue weighted by atomic mass is 15.1. The van der Waals surface area contributed by atoms with Crippen LogP contribution in [0.5, 0.6) is 0 Å². The van der Waals surface area contributed by atoms with E-state index in [1.807, 2.05) is 0 Å². The van der Waals surface area contributed by atoms with E-state index in [0.717, 1.165) is 13.1 Å². The molecule has 0 radical (unpaired) electrons. The minimum atomic E-state index is 0.267. The van der Waals surface area contributed by atoms with Crippen molar-refractivity contribution in [1.29, 1.82) is 5.26 Å². The van der Waals surface area contributed by atoms with E-state index in [4.69, 9.17) is 5.26 Å². The molecule has 0 saturated carbocycles. The van der Waals surface area contributed by atoms with Crippen LogP contribution in [0.25, 0.3) is 0 Å². The van der Waals surface area contributed by atoms with Crippen LogP contribution in [0.4, 0.5) is 0 Å². The van der Waals surface area contributed by atoms with Gasteiger partial charge in [0.1, 0.15) is 0 Å². The standard InChI is InChI=1S/C10H18N2/c1-3-12-8-4-5-10(2,9-12)6-7-11/h3-6,8-9H2,1-2H3. The molecule has 68 valence electrons. The predicted molar refractivity (Wildman–Crippen MR) is 49.7 cm³/mol. The Morgan fingerprint density at radius 1 is 1.58 bits per heavy atom. The second-order valence-electron chi connectivity index (χ2n) is 4.12. The van der Waals surface area contributed by atoms with Gasteiger partial charge in [-0.05, 0) is 31.3 Å². The van der Waals surface area contributed by atoms with Crippen molar-refractivity contribution in [3.63, 3.8) is 0 Å². The molecule has 0 N–H and O–H groups in total. The van der Waals surface area contributed by atoms with E-state index in [-0.39, 0.29) is 5.41 Å². The molecule has 0 aliphatic carbocycles. The Hall–Kier alpha value is -0.550. The number of rotatable bonds is 2. The summed E-state index contributed by atoms with van der Waals surface area (Å²) in [7, 11) is 0. The fraction of sp³-hybridized carbons (Fsp3) is 0.900. The zero-order chi connectivity index (χ0) is 9.03. The van der Waals surface area contributed by atoms with Gasteiger partial charge in [0, 0.05) is 13.0 Å². The molecule has 0 amide bonds. The summed E-state index contributed by atoms with van der Waals surface area (Å²) in [4.78, 5) is 2.45. The molecule has 0 bridgehead atoms. The summed E-state index contributed by atoms with van der Waals surface area (Å²) in [6.07, 6.45) is 3.19. The van der Waals surface area contributed by atoms with Crippen LogP contribution in [-0.4, -0.2) is 24.5 Å². The first-order chi connectivity index (χ1) is 5.70. The summed E-state index contributed by atoms with van der Waals surface area (Å²) >= 11 is 0. The van der Waals surface area contributed by atoms with Gasteiger partial charge in [-0.15, -0.1) is 0 Å². The second kappa shape index (κ2) is 3.91. The van der Waals surface area contributed by atoms with Gasteiger partial charge in [-0.25, -0.2) is 0 Å². The van der Waals surface area contributed by atoms with Gasteiger partial charge in [-0.1, -0.05) is 13.8 Å². The molecule has 1 fully saturated rings. The fourth-order valence-electron chi connectivity index (χ4n) is 2.03. The number of hydrogen-bond acceptors (Lipinski definition) is 2. The molecule has 1 aliphatic heterocycles. The highest BCUT2D eigenvalue weighted by Crippen LogP contribution is 2.32. The van der Waals surface area contributed by atoms with E-state index in [0.29, 0.717) is 6.42 Å². The van der Waals surface area contributed by atoms with Crippen LogP contribution in [-0.2, 0) is 0 Å². The highest BCUT2D eigenvalue weighted by molar-refractivity contribution is 4.90. The van der Waals surface area contributed by atoms with Gasteiger partial charge in [-0.2, -0.15) is 5.26 Å². The van der Waals surface area contributed by atoms with Crippen molar-refractivity contribution in [2.45, 2.75) is 33.1 Å². The van der Waals surface area contributed by atoms with E-state index in [1.54, 1.807) is 0 Å². The molecule has 1 atom stereocenters. The van der Waals surface area contributed by atoms with Crippen molar-refractivity contribution in [2.75, 3.05) is 19.6 Å². The Morgan fingerprint density at radius 2 is 2.33 bits per heavy atom. The Morgan fingerprint density at radius 3 is 2.92 bits per heavy atom. The van der Waals surface area contributed by atoms with Gasteiger partial charge in [0.25, 0.3) is 0 Å². The molecular formula is C10H18N2. The van der Waals surface area contributed by atoms with Gasteiger partial charge in [0.2, 0.25) is 0 Å². The lowest BCUT2D eigenvalue weighted by atomic mass is 9.79. The smallest absolute Gasteiger partial charge is 0.0627 e. The van der Waals surface area contributed by atoms with Crippen molar-refractivity contribution in [2.24, 2.45) is 5.41 Å². The number of hydrogen-bond donors (Lipinski definition) is 0. The molecule has 12 heavy (non-hydrogen) atoms. The van der Waals surface area contributed by atoms with E-state index in [1.165, 1.54) is 19.4 Å². The number of nitriles is 1. The minimum absolute atomic E-state index is 0.267. The van der Waals surface area contributed by atoms with Crippen LogP contribution >= 0.6 is 0 Å². The van der Waals surface area contributed by atoms with Crippen molar-refractivity contribution < 1.29 is 0 Å². The third-order valence-electron chi connectivity index (χ3n) is 2.81. The molecule has 0 aromatic heterocycles. The summed E-state index contributed by atoms with van der Waals surface area (Å²) in [5, 5.41) is 8.67. The molecule has 1 heterocycles. The van der Waals surface area contributed by atoms with Crippen LogP contribution < -0.4 is 0 Å². The lowest BCUT2D eigenvalue weighted by molar-refractivity contribution is 0.111. The van der Waals surface area contributed by atoms with Gasteiger partial charge in [0.05, 0.1) is 6.07 Å². The fourth-order valence-corrected chi connectivity index (χ4v) is 2.03. The van der Waals surface area contributed by atoms with E-state index in [2.05, 4.69) is 24.8 Å². The first-order valence-corrected chi connectivity index (χ1v) is 4.79. The topological polar surface area (TPSA) is 27.0 Å². The van der Waals surface area contributed by atoms with Crippen molar-refractivity contribution in [3.8, 4) is 6.07 Å². The van der Waals surface area contributed by atoms with Crippen molar-refractivity contribution in [3.05, 3.63) is 0 Å². The Kier molecular flexibility index (Phi) is 3.11. The van der Waals surface area contributed by atoms with E-state index < -0.39 is 0 Å². The summed E-state index contributed by atoms with van der Waals surface area (Å²) in [6.45, 7) is 7.88. The first kappa shape index (κ1) is 9.54. The monoisotopic (exact) mass is 166 g/mol. The third-order valence-corrected chi connectivity index (χ3v) is 2.81. The maximum Gasteiger partial charge on any atom is 0.0627 e. The summed E-state index contributed by atoms with van der Waals surface area (Å²) < 4.78 is 0. The normalized spacial score (nSPS) is 31.4. The maximum absolute atomic E-state index is 8.67. The Bertz CT molecular complexity index is 183. The highest BCUT2D eigenvalue weighted by Gasteiger charge is 2.29. The molecular weight excluding hydrogens is 148 g/mol. The van der Waals surface area contributed by atoms with Gasteiger partial charge >= 0.3 is 0 Å². The first-order valence-electron chi connectivity index (χ1n) is 4.79. The number of likely N-dealkylation sites (tertiary alicyclic amines) is 1. The Balaban J connectivity index is 2.49. The van der Waals surface area contributed by atoms with E-state index >= 15 is 0 Å². The van der Waals surface area contributed by atoms with Crippen LogP contribution in [0, 0.1) is 16.7 Å². The molecule has 1 rings (SSSR count). The molecule has 0 spiro atoms. The molecule has 0 aromatic rings. The van der Waals surface area contributed by atoms with Crippen LogP contribution in [0.3, 0.4) is 0 Å². The summed E-state index contributed by atoms with van der Waals surface area (Å²) in [5.74, 6) is 0. The van der Waals surface area contributed by atoms with Crippen LogP contribution in [0.2, 0.25) is 0 Å². The predicted octanol–water partition coefficient (Wildman–Crippen LogP) is 2.02. The summed E-state index contributed by atoms with van der Waals surface area (Å²) in [6, 6.07) is 2.30. The second-order valence-corrected chi connectivity index (χ2v) is 4.12. The largest absolute Gasteiger partial charge is 0.303 e. The number of piperidine rings is 1. The van der Waals surface area contributed by atoms with Crippen molar-refractivity contribution >= 4 is 0 Å². The van der Waals surface area contributed by atoms with Gasteiger partial charge in [0.15, 0.2) is 0 Å². The number of nitrogens with zero attached hydrogens (tertiary/aromatic N) is 2. The SMILES string of the molecule is CCN1CCCC(C)(CC#N)C1. The zero-order valence-electron chi connectivity index (χ0n) is 8.14. The third kappa shape index (κ3) is 2.22. The molecule has 1 saturated heterocycles. The Labute approximate surface area is 75.2 Å². The minimum Gasteiger partial charge on any atom is -0.303 e. The average molecular weight is 166 g/mol. The van der Waals surface area contributed by atoms with E-state index in [9.17, 15) is 0 Å². The van der Waals surface area contributed by atoms with Crippen LogP contribution in [0.1, 0.15) is 33.1 Å². The molecule has 1 aliphatic rings. The van der Waals surface area contributed by atoms with Crippen molar-refractivity contribution in [1.82, 2.24) is 4.90 Å². The molecule has 2 heteroatoms. The molecule has 0 aromatic carbocycles. The lowest BCUT2D eigenvalue weighted by Gasteiger charge is -2.38. The van der Waals surface area contributed by atoms with Gasteiger partial charge < -0.3 is 4.90 Å². The lowest BCUT2D eigenvalue weighted by Crippen LogP contribution is -2.41. The quantitative estimate of drug-likeness (QED) is 0.627. The maximum atomic E-state index is 8.67. The molecule has 1 unspecified atom stereocenters.